The Bertz CT molecular complexity index is 790. The van der Waals surface area contributed by atoms with Crippen molar-refractivity contribution in [2.24, 2.45) is 5.73 Å². The molecule has 1 atom stereocenters. The SMILES string of the molecule is N[C@H]1CCCCN(Cc2ccccc2CS(=O)(=O)c2ccccc2)C1. The van der Waals surface area contributed by atoms with Crippen LogP contribution in [-0.2, 0) is 22.1 Å². The Balaban J connectivity index is 1.79. The zero-order chi connectivity index (χ0) is 17.7. The van der Waals surface area contributed by atoms with Gasteiger partial charge in [0.05, 0.1) is 10.6 Å². The summed E-state index contributed by atoms with van der Waals surface area (Å²) in [6.07, 6.45) is 3.39. The van der Waals surface area contributed by atoms with Crippen LogP contribution in [0.1, 0.15) is 30.4 Å². The molecule has 0 spiro atoms. The molecule has 2 aromatic carbocycles. The van der Waals surface area contributed by atoms with Gasteiger partial charge in [0, 0.05) is 19.1 Å². The molecule has 134 valence electrons. The summed E-state index contributed by atoms with van der Waals surface area (Å²) in [5, 5.41) is 0. The largest absolute Gasteiger partial charge is 0.327 e. The van der Waals surface area contributed by atoms with E-state index in [0.29, 0.717) is 4.90 Å². The van der Waals surface area contributed by atoms with Gasteiger partial charge in [-0.2, -0.15) is 0 Å². The van der Waals surface area contributed by atoms with Gasteiger partial charge in [0.15, 0.2) is 9.84 Å². The first-order chi connectivity index (χ1) is 12.0. The zero-order valence-corrected chi connectivity index (χ0v) is 15.3. The second-order valence-corrected chi connectivity index (χ2v) is 8.82. The van der Waals surface area contributed by atoms with E-state index >= 15 is 0 Å². The van der Waals surface area contributed by atoms with Crippen LogP contribution < -0.4 is 5.73 Å². The average Bonchev–Trinajstić information content (AvgIpc) is 2.81. The van der Waals surface area contributed by atoms with Gasteiger partial charge < -0.3 is 5.73 Å². The van der Waals surface area contributed by atoms with Crippen LogP contribution in [0.3, 0.4) is 0 Å². The molecule has 4 nitrogen and oxygen atoms in total. The molecule has 2 aromatic rings. The van der Waals surface area contributed by atoms with E-state index in [9.17, 15) is 8.42 Å². The smallest absolute Gasteiger partial charge is 0.182 e. The Morgan fingerprint density at radius 3 is 2.40 bits per heavy atom. The minimum absolute atomic E-state index is 0.0348. The first-order valence-electron chi connectivity index (χ1n) is 8.87. The number of rotatable bonds is 5. The molecular formula is C20H26N2O2S. The van der Waals surface area contributed by atoms with E-state index in [1.165, 1.54) is 6.42 Å². The second kappa shape index (κ2) is 8.13. The van der Waals surface area contributed by atoms with Crippen LogP contribution in [-0.4, -0.2) is 32.4 Å². The Labute approximate surface area is 150 Å². The summed E-state index contributed by atoms with van der Waals surface area (Å²) in [5.41, 5.74) is 8.12. The highest BCUT2D eigenvalue weighted by atomic mass is 32.2. The number of hydrogen-bond acceptors (Lipinski definition) is 4. The van der Waals surface area contributed by atoms with Crippen molar-refractivity contribution in [2.45, 2.75) is 42.5 Å². The Morgan fingerprint density at radius 1 is 0.960 bits per heavy atom. The molecule has 1 heterocycles. The van der Waals surface area contributed by atoms with Crippen molar-refractivity contribution < 1.29 is 8.42 Å². The first kappa shape index (κ1) is 18.1. The molecule has 1 saturated heterocycles. The Hall–Kier alpha value is -1.69. The lowest BCUT2D eigenvalue weighted by Crippen LogP contribution is -2.35. The quantitative estimate of drug-likeness (QED) is 0.892. The fourth-order valence-electron chi connectivity index (χ4n) is 3.41. The number of benzene rings is 2. The molecule has 1 aliphatic heterocycles. The average molecular weight is 359 g/mol. The van der Waals surface area contributed by atoms with Crippen molar-refractivity contribution >= 4 is 9.84 Å². The van der Waals surface area contributed by atoms with Crippen molar-refractivity contribution in [3.05, 3.63) is 65.7 Å². The van der Waals surface area contributed by atoms with Gasteiger partial charge in [0.1, 0.15) is 0 Å². The molecule has 0 saturated carbocycles. The first-order valence-corrected chi connectivity index (χ1v) is 10.5. The highest BCUT2D eigenvalue weighted by Gasteiger charge is 2.19. The van der Waals surface area contributed by atoms with Crippen molar-refractivity contribution in [1.82, 2.24) is 4.90 Å². The van der Waals surface area contributed by atoms with E-state index in [4.69, 9.17) is 5.73 Å². The van der Waals surface area contributed by atoms with Crippen molar-refractivity contribution in [3.63, 3.8) is 0 Å². The summed E-state index contributed by atoms with van der Waals surface area (Å²) in [6, 6.07) is 16.7. The maximum Gasteiger partial charge on any atom is 0.182 e. The molecule has 1 aliphatic rings. The molecule has 5 heteroatoms. The topological polar surface area (TPSA) is 63.4 Å². The van der Waals surface area contributed by atoms with Crippen molar-refractivity contribution in [1.29, 1.82) is 0 Å². The van der Waals surface area contributed by atoms with Gasteiger partial charge in [-0.1, -0.05) is 48.9 Å². The van der Waals surface area contributed by atoms with Gasteiger partial charge in [-0.15, -0.1) is 0 Å². The van der Waals surface area contributed by atoms with Gasteiger partial charge in [0.25, 0.3) is 0 Å². The second-order valence-electron chi connectivity index (χ2n) is 6.83. The predicted molar refractivity (Wildman–Crippen MR) is 101 cm³/mol. The molecule has 0 aromatic heterocycles. The summed E-state index contributed by atoms with van der Waals surface area (Å²) < 4.78 is 25.4. The summed E-state index contributed by atoms with van der Waals surface area (Å²) >= 11 is 0. The number of sulfone groups is 1. The Morgan fingerprint density at radius 2 is 1.64 bits per heavy atom. The highest BCUT2D eigenvalue weighted by molar-refractivity contribution is 7.90. The summed E-state index contributed by atoms with van der Waals surface area (Å²) in [4.78, 5) is 2.73. The monoisotopic (exact) mass is 358 g/mol. The van der Waals surface area contributed by atoms with E-state index in [1.807, 2.05) is 30.3 Å². The summed E-state index contributed by atoms with van der Waals surface area (Å²) in [7, 11) is -3.34. The number of hydrogen-bond donors (Lipinski definition) is 1. The zero-order valence-electron chi connectivity index (χ0n) is 14.5. The van der Waals surface area contributed by atoms with Crippen molar-refractivity contribution in [2.75, 3.05) is 13.1 Å². The molecule has 0 amide bonds. The predicted octanol–water partition coefficient (Wildman–Crippen LogP) is 2.97. The van der Waals surface area contributed by atoms with Gasteiger partial charge in [0.2, 0.25) is 0 Å². The van der Waals surface area contributed by atoms with Crippen LogP contribution in [0, 0.1) is 0 Å². The fourth-order valence-corrected chi connectivity index (χ4v) is 4.84. The molecular weight excluding hydrogens is 332 g/mol. The lowest BCUT2D eigenvalue weighted by molar-refractivity contribution is 0.264. The maximum atomic E-state index is 12.7. The molecule has 2 N–H and O–H groups in total. The van der Waals surface area contributed by atoms with Gasteiger partial charge in [-0.3, -0.25) is 4.90 Å². The van der Waals surface area contributed by atoms with Crippen LogP contribution >= 0.6 is 0 Å². The Kier molecular flexibility index (Phi) is 5.89. The van der Waals surface area contributed by atoms with E-state index in [1.54, 1.807) is 24.3 Å². The number of nitrogens with zero attached hydrogens (tertiary/aromatic N) is 1. The van der Waals surface area contributed by atoms with Crippen LogP contribution in [0.15, 0.2) is 59.5 Å². The molecule has 0 aliphatic carbocycles. The minimum atomic E-state index is -3.34. The third kappa shape index (κ3) is 4.91. The summed E-state index contributed by atoms with van der Waals surface area (Å²) in [6.45, 7) is 2.65. The lowest BCUT2D eigenvalue weighted by atomic mass is 10.1. The number of nitrogens with two attached hydrogens (primary N) is 1. The molecule has 0 unspecified atom stereocenters. The van der Waals surface area contributed by atoms with E-state index < -0.39 is 9.84 Å². The van der Waals surface area contributed by atoms with Crippen molar-refractivity contribution in [3.8, 4) is 0 Å². The molecule has 25 heavy (non-hydrogen) atoms. The van der Waals surface area contributed by atoms with Gasteiger partial charge >= 0.3 is 0 Å². The molecule has 0 radical (unpaired) electrons. The van der Waals surface area contributed by atoms with Crippen LogP contribution in [0.2, 0.25) is 0 Å². The fraction of sp³-hybridized carbons (Fsp3) is 0.400. The molecule has 1 fully saturated rings. The molecule has 3 rings (SSSR count). The number of likely N-dealkylation sites (tertiary alicyclic amines) is 1. The van der Waals surface area contributed by atoms with Crippen LogP contribution in [0.25, 0.3) is 0 Å². The lowest BCUT2D eigenvalue weighted by Gasteiger charge is -2.23. The van der Waals surface area contributed by atoms with E-state index in [2.05, 4.69) is 4.90 Å². The maximum absolute atomic E-state index is 12.7. The van der Waals surface area contributed by atoms with Gasteiger partial charge in [-0.25, -0.2) is 8.42 Å². The minimum Gasteiger partial charge on any atom is -0.327 e. The van der Waals surface area contributed by atoms with Crippen LogP contribution in [0.5, 0.6) is 0 Å². The third-order valence-electron chi connectivity index (χ3n) is 4.75. The standard InChI is InChI=1S/C20H26N2O2S/c21-19-10-6-7-13-22(15-19)14-17-8-4-5-9-18(17)16-25(23,24)20-11-2-1-3-12-20/h1-5,8-9,11-12,19H,6-7,10,13-16,21H2/t19-/m0/s1. The summed E-state index contributed by atoms with van der Waals surface area (Å²) in [5.74, 6) is 0.0348. The third-order valence-corrected chi connectivity index (χ3v) is 6.43. The van der Waals surface area contributed by atoms with Gasteiger partial charge in [-0.05, 0) is 42.6 Å². The normalized spacial score (nSPS) is 19.5. The highest BCUT2D eigenvalue weighted by Crippen LogP contribution is 2.21. The molecule has 0 bridgehead atoms. The van der Waals surface area contributed by atoms with E-state index in [-0.39, 0.29) is 11.8 Å². The van der Waals surface area contributed by atoms with E-state index in [0.717, 1.165) is 43.6 Å². The van der Waals surface area contributed by atoms with Crippen LogP contribution in [0.4, 0.5) is 0 Å².